The zero-order valence-corrected chi connectivity index (χ0v) is 12.6. The Hall–Kier alpha value is -0.540. The van der Waals surface area contributed by atoms with Crippen LogP contribution in [-0.2, 0) is 0 Å². The molecular weight excluding hydrogens is 288 g/mol. The van der Waals surface area contributed by atoms with Gasteiger partial charge in [-0.15, -0.1) is 0 Å². The average molecular weight is 309 g/mol. The van der Waals surface area contributed by atoms with Crippen LogP contribution in [-0.4, -0.2) is 25.2 Å². The molecule has 98 valence electrons. The summed E-state index contributed by atoms with van der Waals surface area (Å²) in [5.74, 6) is 0. The van der Waals surface area contributed by atoms with Crippen molar-refractivity contribution in [1.82, 2.24) is 5.32 Å². The highest BCUT2D eigenvalue weighted by molar-refractivity contribution is 9.10. The van der Waals surface area contributed by atoms with Gasteiger partial charge in [-0.3, -0.25) is 0 Å². The third-order valence-electron chi connectivity index (χ3n) is 4.46. The summed E-state index contributed by atoms with van der Waals surface area (Å²) < 4.78 is 1.22. The van der Waals surface area contributed by atoms with Crippen LogP contribution in [0.3, 0.4) is 0 Å². The van der Waals surface area contributed by atoms with E-state index in [9.17, 15) is 0 Å². The summed E-state index contributed by atoms with van der Waals surface area (Å²) in [6, 6.07) is 6.74. The Kier molecular flexibility index (Phi) is 3.37. The summed E-state index contributed by atoms with van der Waals surface area (Å²) in [6.07, 6.45) is 5.46. The van der Waals surface area contributed by atoms with Crippen molar-refractivity contribution in [3.05, 3.63) is 28.2 Å². The predicted molar refractivity (Wildman–Crippen MR) is 80.3 cm³/mol. The van der Waals surface area contributed by atoms with Gasteiger partial charge in [0.2, 0.25) is 0 Å². The van der Waals surface area contributed by atoms with Crippen LogP contribution in [0.4, 0.5) is 5.69 Å². The van der Waals surface area contributed by atoms with E-state index in [1.54, 1.807) is 0 Å². The van der Waals surface area contributed by atoms with Gasteiger partial charge >= 0.3 is 0 Å². The van der Waals surface area contributed by atoms with Gasteiger partial charge in [-0.25, -0.2) is 0 Å². The Bertz CT molecular complexity index is 438. The average Bonchev–Trinajstić information content (AvgIpc) is 2.81. The van der Waals surface area contributed by atoms with Crippen LogP contribution < -0.4 is 10.2 Å². The van der Waals surface area contributed by atoms with Crippen molar-refractivity contribution in [3.8, 4) is 0 Å². The lowest BCUT2D eigenvalue weighted by Gasteiger charge is -2.42. The van der Waals surface area contributed by atoms with E-state index in [4.69, 9.17) is 0 Å². The van der Waals surface area contributed by atoms with Gasteiger partial charge in [0.25, 0.3) is 0 Å². The first-order valence-corrected chi connectivity index (χ1v) is 7.74. The molecule has 1 saturated heterocycles. The molecule has 0 aromatic heterocycles. The van der Waals surface area contributed by atoms with Crippen molar-refractivity contribution in [2.45, 2.75) is 38.1 Å². The Labute approximate surface area is 118 Å². The second-order valence-electron chi connectivity index (χ2n) is 5.77. The van der Waals surface area contributed by atoms with E-state index in [0.717, 1.165) is 13.1 Å². The number of hydrogen-bond donors (Lipinski definition) is 1. The van der Waals surface area contributed by atoms with Crippen LogP contribution in [0.5, 0.6) is 0 Å². The molecule has 1 N–H and O–H groups in total. The number of rotatable bonds is 1. The van der Waals surface area contributed by atoms with Crippen molar-refractivity contribution in [2.24, 2.45) is 0 Å². The Morgan fingerprint density at radius 3 is 2.78 bits per heavy atom. The summed E-state index contributed by atoms with van der Waals surface area (Å²) >= 11 is 3.65. The molecule has 18 heavy (non-hydrogen) atoms. The van der Waals surface area contributed by atoms with Crippen LogP contribution in [0.15, 0.2) is 22.7 Å². The predicted octanol–water partition coefficient (Wildman–Crippen LogP) is 3.48. The molecule has 3 rings (SSSR count). The number of piperazine rings is 1. The highest BCUT2D eigenvalue weighted by Gasteiger charge is 2.37. The number of benzene rings is 1. The lowest BCUT2D eigenvalue weighted by atomic mass is 9.94. The largest absolute Gasteiger partial charge is 0.368 e. The number of hydrogen-bond acceptors (Lipinski definition) is 2. The van der Waals surface area contributed by atoms with Gasteiger partial charge in [0, 0.05) is 35.3 Å². The molecule has 1 saturated carbocycles. The van der Waals surface area contributed by atoms with Gasteiger partial charge in [-0.2, -0.15) is 0 Å². The molecular formula is C15H21BrN2. The highest BCUT2D eigenvalue weighted by Crippen LogP contribution is 2.34. The van der Waals surface area contributed by atoms with Crippen molar-refractivity contribution in [3.63, 3.8) is 0 Å². The molecule has 1 heterocycles. The van der Waals surface area contributed by atoms with Gasteiger partial charge in [-0.05, 0) is 37.5 Å². The fourth-order valence-electron chi connectivity index (χ4n) is 3.34. The number of nitrogens with zero attached hydrogens (tertiary/aromatic N) is 1. The molecule has 1 aromatic carbocycles. The minimum absolute atomic E-state index is 0.398. The molecule has 0 amide bonds. The third kappa shape index (κ3) is 2.30. The van der Waals surface area contributed by atoms with Crippen LogP contribution in [0.1, 0.15) is 31.2 Å². The second kappa shape index (κ2) is 4.86. The zero-order valence-electron chi connectivity index (χ0n) is 11.0. The molecule has 3 heteroatoms. The summed E-state index contributed by atoms with van der Waals surface area (Å²) in [5, 5.41) is 3.77. The maximum absolute atomic E-state index is 3.77. The van der Waals surface area contributed by atoms with Crippen LogP contribution >= 0.6 is 15.9 Å². The van der Waals surface area contributed by atoms with E-state index in [2.05, 4.69) is 51.3 Å². The summed E-state index contributed by atoms with van der Waals surface area (Å²) in [7, 11) is 0. The molecule has 0 unspecified atom stereocenters. The molecule has 1 spiro atoms. The Morgan fingerprint density at radius 1 is 1.28 bits per heavy atom. The standard InChI is InChI=1S/C15H21BrN2/c1-12-4-5-13(10-14(12)16)18-9-8-17-15(11-18)6-2-3-7-15/h4-5,10,17H,2-3,6-9,11H2,1H3. The number of nitrogens with one attached hydrogen (secondary N) is 1. The fourth-order valence-corrected chi connectivity index (χ4v) is 3.71. The van der Waals surface area contributed by atoms with Crippen LogP contribution in [0.2, 0.25) is 0 Å². The first-order chi connectivity index (χ1) is 8.69. The van der Waals surface area contributed by atoms with Gasteiger partial charge in [0.1, 0.15) is 0 Å². The van der Waals surface area contributed by atoms with E-state index in [1.807, 2.05) is 0 Å². The Balaban J connectivity index is 1.81. The summed E-state index contributed by atoms with van der Waals surface area (Å²) in [6.45, 7) is 5.55. The van der Waals surface area contributed by atoms with Gasteiger partial charge in [-0.1, -0.05) is 34.8 Å². The van der Waals surface area contributed by atoms with Gasteiger partial charge in [0.15, 0.2) is 0 Å². The molecule has 1 aromatic rings. The molecule has 0 atom stereocenters. The molecule has 0 bridgehead atoms. The molecule has 1 aliphatic carbocycles. The van der Waals surface area contributed by atoms with E-state index < -0.39 is 0 Å². The van der Waals surface area contributed by atoms with Crippen molar-refractivity contribution < 1.29 is 0 Å². The summed E-state index contributed by atoms with van der Waals surface area (Å²) in [5.41, 5.74) is 3.07. The minimum Gasteiger partial charge on any atom is -0.368 e. The second-order valence-corrected chi connectivity index (χ2v) is 6.62. The normalized spacial score (nSPS) is 22.7. The van der Waals surface area contributed by atoms with Crippen LogP contribution in [0, 0.1) is 6.92 Å². The Morgan fingerprint density at radius 2 is 2.06 bits per heavy atom. The summed E-state index contributed by atoms with van der Waals surface area (Å²) in [4.78, 5) is 2.55. The van der Waals surface area contributed by atoms with Crippen LogP contribution in [0.25, 0.3) is 0 Å². The lowest BCUT2D eigenvalue weighted by Crippen LogP contribution is -2.59. The van der Waals surface area contributed by atoms with Gasteiger partial charge in [0.05, 0.1) is 0 Å². The minimum atomic E-state index is 0.398. The lowest BCUT2D eigenvalue weighted by molar-refractivity contribution is 0.304. The number of halogens is 1. The van der Waals surface area contributed by atoms with Gasteiger partial charge < -0.3 is 10.2 Å². The third-order valence-corrected chi connectivity index (χ3v) is 5.31. The topological polar surface area (TPSA) is 15.3 Å². The SMILES string of the molecule is Cc1ccc(N2CCNC3(CCCC3)C2)cc1Br. The zero-order chi connectivity index (χ0) is 12.6. The first-order valence-electron chi connectivity index (χ1n) is 6.95. The fraction of sp³-hybridized carbons (Fsp3) is 0.600. The van der Waals surface area contributed by atoms with E-state index in [-0.39, 0.29) is 0 Å². The van der Waals surface area contributed by atoms with Crippen molar-refractivity contribution >= 4 is 21.6 Å². The van der Waals surface area contributed by atoms with E-state index in [1.165, 1.54) is 48.0 Å². The maximum atomic E-state index is 3.77. The highest BCUT2D eigenvalue weighted by atomic mass is 79.9. The number of anilines is 1. The van der Waals surface area contributed by atoms with Crippen molar-refractivity contribution in [2.75, 3.05) is 24.5 Å². The molecule has 1 aliphatic heterocycles. The van der Waals surface area contributed by atoms with E-state index in [0.29, 0.717) is 5.54 Å². The maximum Gasteiger partial charge on any atom is 0.0378 e. The quantitative estimate of drug-likeness (QED) is 0.854. The smallest absolute Gasteiger partial charge is 0.0378 e. The molecule has 2 aliphatic rings. The molecule has 2 fully saturated rings. The first kappa shape index (κ1) is 12.5. The van der Waals surface area contributed by atoms with Crippen molar-refractivity contribution in [1.29, 1.82) is 0 Å². The monoisotopic (exact) mass is 308 g/mol. The molecule has 0 radical (unpaired) electrons. The van der Waals surface area contributed by atoms with E-state index >= 15 is 0 Å². The number of aryl methyl sites for hydroxylation is 1. The molecule has 2 nitrogen and oxygen atoms in total.